The van der Waals surface area contributed by atoms with Crippen molar-refractivity contribution in [3.05, 3.63) is 12.2 Å². The van der Waals surface area contributed by atoms with Gasteiger partial charge in [0.25, 0.3) is 0 Å². The lowest BCUT2D eigenvalue weighted by Crippen LogP contribution is -2.53. The van der Waals surface area contributed by atoms with E-state index in [1.807, 2.05) is 0 Å². The van der Waals surface area contributed by atoms with Gasteiger partial charge in [-0.25, -0.2) is 4.57 Å². The van der Waals surface area contributed by atoms with E-state index in [-0.39, 0.29) is 6.42 Å². The molecule has 10 heteroatoms. The number of carbonyl (C=O) groups is 1. The number of rotatable bonds is 32. The fourth-order valence-corrected chi connectivity index (χ4v) is 5.80. The van der Waals surface area contributed by atoms with Gasteiger partial charge in [0.15, 0.2) is 6.29 Å². The third kappa shape index (κ3) is 27.5. The predicted molar refractivity (Wildman–Crippen MR) is 179 cm³/mol. The van der Waals surface area contributed by atoms with Crippen LogP contribution in [0.25, 0.3) is 0 Å². The maximum absolute atomic E-state index is 12.6. The Morgan fingerprint density at radius 3 is 1.45 bits per heavy atom. The molecule has 0 aromatic carbocycles. The van der Waals surface area contributed by atoms with Crippen LogP contribution in [0.2, 0.25) is 0 Å². The molecule has 9 nitrogen and oxygen atoms in total. The number of nitrogens with one attached hydrogen (secondary N) is 1. The highest BCUT2D eigenvalue weighted by molar-refractivity contribution is 7.46. The number of hydrogen-bond acceptors (Lipinski definition) is 6. The van der Waals surface area contributed by atoms with E-state index in [9.17, 15) is 24.7 Å². The Kier molecular flexibility index (Phi) is 29.1. The maximum Gasteiger partial charge on any atom is 0.471 e. The second-order valence-electron chi connectivity index (χ2n) is 12.5. The minimum Gasteiger partial charge on any atom is -0.387 e. The van der Waals surface area contributed by atoms with Crippen LogP contribution in [0.3, 0.4) is 0 Å². The Labute approximate surface area is 268 Å². The number of phosphoric acid groups is 1. The average Bonchev–Trinajstić information content (AvgIpc) is 2.97. The zero-order chi connectivity index (χ0) is 32.9. The van der Waals surface area contributed by atoms with Crippen LogP contribution in [0.1, 0.15) is 174 Å². The number of aliphatic hydroxyl groups excluding tert-OH is 3. The van der Waals surface area contributed by atoms with Crippen LogP contribution in [-0.2, 0) is 13.9 Å². The number of allylic oxidation sites excluding steroid dienone is 1. The lowest BCUT2D eigenvalue weighted by atomic mass is 10.0. The van der Waals surface area contributed by atoms with Crippen molar-refractivity contribution in [1.82, 2.24) is 5.32 Å². The minimum absolute atomic E-state index is 0.218. The van der Waals surface area contributed by atoms with Crippen molar-refractivity contribution in [1.29, 1.82) is 0 Å². The van der Waals surface area contributed by atoms with Crippen LogP contribution in [-0.4, -0.2) is 55.6 Å². The summed E-state index contributed by atoms with van der Waals surface area (Å²) in [5, 5.41) is 33.5. The van der Waals surface area contributed by atoms with E-state index >= 15 is 0 Å². The first-order chi connectivity index (χ1) is 21.1. The van der Waals surface area contributed by atoms with Gasteiger partial charge in [-0.15, -0.1) is 0 Å². The van der Waals surface area contributed by atoms with Gasteiger partial charge in [-0.2, -0.15) is 0 Å². The molecule has 0 rings (SSSR count). The molecule has 0 aliphatic rings. The molecule has 0 fully saturated rings. The number of phosphoric ester groups is 1. The summed E-state index contributed by atoms with van der Waals surface area (Å²) in [4.78, 5) is 30.8. The average molecular weight is 650 g/mol. The lowest BCUT2D eigenvalue weighted by molar-refractivity contribution is -0.137. The minimum atomic E-state index is -5.08. The van der Waals surface area contributed by atoms with Crippen molar-refractivity contribution in [3.63, 3.8) is 0 Å². The fraction of sp³-hybridized carbons (Fsp3) is 0.912. The van der Waals surface area contributed by atoms with E-state index in [1.54, 1.807) is 6.08 Å². The SMILES string of the molecule is CCCCCCCCCCCCC/C=C/[C@@H](O)[C@H](NC(=O)C(O)CCCCCCCCCCCCCC)C(O)OP(=O)(O)O. The number of amides is 1. The molecule has 0 aromatic heterocycles. The van der Waals surface area contributed by atoms with Gasteiger partial charge in [-0.05, 0) is 19.3 Å². The van der Waals surface area contributed by atoms with Crippen molar-refractivity contribution < 1.29 is 39.0 Å². The zero-order valence-corrected chi connectivity index (χ0v) is 28.9. The molecular weight excluding hydrogens is 581 g/mol. The summed E-state index contributed by atoms with van der Waals surface area (Å²) in [7, 11) is -5.08. The van der Waals surface area contributed by atoms with Gasteiger partial charge in [0, 0.05) is 0 Å². The van der Waals surface area contributed by atoms with Crippen molar-refractivity contribution in [2.45, 2.75) is 199 Å². The third-order valence-electron chi connectivity index (χ3n) is 8.17. The highest BCUT2D eigenvalue weighted by atomic mass is 31.2. The van der Waals surface area contributed by atoms with Crippen LogP contribution < -0.4 is 5.32 Å². The van der Waals surface area contributed by atoms with E-state index < -0.39 is 38.3 Å². The number of unbranched alkanes of at least 4 members (excludes halogenated alkanes) is 22. The summed E-state index contributed by atoms with van der Waals surface area (Å²) >= 11 is 0. The van der Waals surface area contributed by atoms with Crippen molar-refractivity contribution >= 4 is 13.7 Å². The molecular formula is C34H68NO8P. The van der Waals surface area contributed by atoms with Crippen molar-refractivity contribution in [2.75, 3.05) is 0 Å². The molecule has 0 bridgehead atoms. The highest BCUT2D eigenvalue weighted by Gasteiger charge is 2.34. The molecule has 6 N–H and O–H groups in total. The van der Waals surface area contributed by atoms with Gasteiger partial charge in [0.05, 0.1) is 6.10 Å². The second-order valence-corrected chi connectivity index (χ2v) is 13.6. The van der Waals surface area contributed by atoms with Crippen LogP contribution in [0.5, 0.6) is 0 Å². The number of hydrogen-bond donors (Lipinski definition) is 6. The quantitative estimate of drug-likeness (QED) is 0.0185. The van der Waals surface area contributed by atoms with Gasteiger partial charge in [-0.3, -0.25) is 9.32 Å². The summed E-state index contributed by atoms with van der Waals surface area (Å²) in [6.07, 6.45) is 26.4. The summed E-state index contributed by atoms with van der Waals surface area (Å²) < 4.78 is 15.6. The van der Waals surface area contributed by atoms with Crippen LogP contribution in [0, 0.1) is 0 Å². The third-order valence-corrected chi connectivity index (χ3v) is 8.66. The van der Waals surface area contributed by atoms with Gasteiger partial charge >= 0.3 is 7.82 Å². The largest absolute Gasteiger partial charge is 0.471 e. The van der Waals surface area contributed by atoms with E-state index in [2.05, 4.69) is 23.7 Å². The summed E-state index contributed by atoms with van der Waals surface area (Å²) in [5.41, 5.74) is 0. The molecule has 2 unspecified atom stereocenters. The Balaban J connectivity index is 4.37. The topological polar surface area (TPSA) is 157 Å². The van der Waals surface area contributed by atoms with Gasteiger partial charge < -0.3 is 30.4 Å². The van der Waals surface area contributed by atoms with Crippen molar-refractivity contribution in [3.8, 4) is 0 Å². The molecule has 44 heavy (non-hydrogen) atoms. The molecule has 0 heterocycles. The number of carbonyl (C=O) groups excluding carboxylic acids is 1. The van der Waals surface area contributed by atoms with E-state index in [1.165, 1.54) is 109 Å². The Morgan fingerprint density at radius 1 is 0.659 bits per heavy atom. The lowest BCUT2D eigenvalue weighted by Gasteiger charge is -2.27. The maximum atomic E-state index is 12.6. The molecule has 262 valence electrons. The van der Waals surface area contributed by atoms with Crippen LogP contribution in [0.15, 0.2) is 12.2 Å². The smallest absolute Gasteiger partial charge is 0.387 e. The Bertz CT molecular complexity index is 732. The molecule has 0 aliphatic carbocycles. The van der Waals surface area contributed by atoms with Gasteiger partial charge in [-0.1, -0.05) is 167 Å². The summed E-state index contributed by atoms with van der Waals surface area (Å²) in [6.45, 7) is 4.45. The monoisotopic (exact) mass is 649 g/mol. The zero-order valence-electron chi connectivity index (χ0n) is 28.0. The summed E-state index contributed by atoms with van der Waals surface area (Å²) in [6, 6.07) is -1.56. The fourth-order valence-electron chi connectivity index (χ4n) is 5.38. The molecule has 0 spiro atoms. The second kappa shape index (κ2) is 29.6. The standard InChI is InChI=1S/C34H68NO8P/c1-3-5-7-9-11-13-15-17-19-20-22-24-26-28-30(36)32(34(39)43-44(40,41)42)35-33(38)31(37)29-27-25-23-21-18-16-14-12-10-8-6-4-2/h26,28,30-32,34,36-37,39H,3-25,27,29H2,1-2H3,(H,35,38)(H2,40,41,42)/b28-26+/t30-,31?,32+,34?/m1/s1. The van der Waals surface area contributed by atoms with Crippen LogP contribution >= 0.6 is 7.82 Å². The Hall–Kier alpha value is -0.800. The molecule has 0 saturated carbocycles. The normalized spacial score (nSPS) is 15.0. The first kappa shape index (κ1) is 43.2. The van der Waals surface area contributed by atoms with Gasteiger partial charge in [0.1, 0.15) is 12.1 Å². The highest BCUT2D eigenvalue weighted by Crippen LogP contribution is 2.38. The molecule has 0 aromatic rings. The van der Waals surface area contributed by atoms with E-state index in [4.69, 9.17) is 9.79 Å². The van der Waals surface area contributed by atoms with Crippen molar-refractivity contribution in [2.24, 2.45) is 0 Å². The van der Waals surface area contributed by atoms with E-state index in [0.29, 0.717) is 12.8 Å². The molecule has 0 aliphatic heterocycles. The molecule has 0 saturated heterocycles. The molecule has 0 radical (unpaired) electrons. The van der Waals surface area contributed by atoms with Gasteiger partial charge in [0.2, 0.25) is 5.91 Å². The predicted octanol–water partition coefficient (Wildman–Crippen LogP) is 7.97. The molecule has 1 amide bonds. The van der Waals surface area contributed by atoms with Crippen LogP contribution in [0.4, 0.5) is 0 Å². The van der Waals surface area contributed by atoms with E-state index in [0.717, 1.165) is 38.5 Å². The first-order valence-electron chi connectivity index (χ1n) is 17.9. The Morgan fingerprint density at radius 2 is 1.05 bits per heavy atom. The molecule has 4 atom stereocenters. The first-order valence-corrected chi connectivity index (χ1v) is 19.4. The summed E-state index contributed by atoms with van der Waals surface area (Å²) in [5.74, 6) is -0.829. The number of aliphatic hydroxyl groups is 3.